The first-order chi connectivity index (χ1) is 10.2. The van der Waals surface area contributed by atoms with Crippen molar-refractivity contribution in [2.24, 2.45) is 5.92 Å². The lowest BCUT2D eigenvalue weighted by Gasteiger charge is -2.25. The molecule has 1 fully saturated rings. The molecule has 0 bridgehead atoms. The molecule has 0 aromatic carbocycles. The second-order valence-corrected chi connectivity index (χ2v) is 6.46. The summed E-state index contributed by atoms with van der Waals surface area (Å²) in [6, 6.07) is 0. The van der Waals surface area contributed by atoms with Crippen molar-refractivity contribution in [1.29, 1.82) is 0 Å². The average Bonchev–Trinajstić information content (AvgIpc) is 2.44. The van der Waals surface area contributed by atoms with Crippen LogP contribution in [0.2, 0.25) is 0 Å². The highest BCUT2D eigenvalue weighted by molar-refractivity contribution is 9.10. The van der Waals surface area contributed by atoms with Crippen LogP contribution in [0, 0.1) is 5.92 Å². The van der Waals surface area contributed by atoms with Crippen LogP contribution in [0.4, 0.5) is 5.69 Å². The molecule has 118 valence electrons. The molecule has 1 aromatic heterocycles. The average molecular weight is 357 g/mol. The molecule has 1 heterocycles. The Morgan fingerprint density at radius 3 is 2.71 bits per heavy atom. The van der Waals surface area contributed by atoms with Gasteiger partial charge in [0.05, 0.1) is 10.7 Å². The fourth-order valence-electron chi connectivity index (χ4n) is 2.56. The molecule has 0 aliphatic heterocycles. The molecule has 1 N–H and O–H groups in total. The van der Waals surface area contributed by atoms with Gasteiger partial charge in [-0.05, 0) is 47.8 Å². The zero-order valence-corrected chi connectivity index (χ0v) is 14.5. The predicted molar refractivity (Wildman–Crippen MR) is 89.8 cm³/mol. The standard InChI is InChI=1S/C15H25BrN4O/c1-3-19(4-2)9-8-17-14-13(16)10-18-20(15(14)21)11-12-6-5-7-12/h10,12,17H,3-9,11H2,1-2H3. The SMILES string of the molecule is CCN(CC)CCNc1c(Br)cnn(CC2CCC2)c1=O. The summed E-state index contributed by atoms with van der Waals surface area (Å²) in [6.07, 6.45) is 5.44. The first-order valence-electron chi connectivity index (χ1n) is 7.87. The van der Waals surface area contributed by atoms with E-state index < -0.39 is 0 Å². The molecule has 0 atom stereocenters. The molecule has 0 spiro atoms. The van der Waals surface area contributed by atoms with Crippen molar-refractivity contribution in [2.45, 2.75) is 39.7 Å². The third-order valence-electron chi connectivity index (χ3n) is 4.28. The van der Waals surface area contributed by atoms with Gasteiger partial charge >= 0.3 is 0 Å². The molecule has 0 unspecified atom stereocenters. The minimum absolute atomic E-state index is 0.0178. The fourth-order valence-corrected chi connectivity index (χ4v) is 2.96. The van der Waals surface area contributed by atoms with Gasteiger partial charge in [-0.1, -0.05) is 20.3 Å². The van der Waals surface area contributed by atoms with Crippen molar-refractivity contribution in [1.82, 2.24) is 14.7 Å². The number of hydrogen-bond acceptors (Lipinski definition) is 4. The second-order valence-electron chi connectivity index (χ2n) is 5.61. The third-order valence-corrected chi connectivity index (χ3v) is 4.88. The van der Waals surface area contributed by atoms with Gasteiger partial charge in [0.1, 0.15) is 5.69 Å². The molecule has 0 radical (unpaired) electrons. The monoisotopic (exact) mass is 356 g/mol. The molecule has 0 saturated heterocycles. The topological polar surface area (TPSA) is 50.2 Å². The van der Waals surface area contributed by atoms with E-state index >= 15 is 0 Å². The van der Waals surface area contributed by atoms with E-state index in [1.807, 2.05) is 0 Å². The van der Waals surface area contributed by atoms with Crippen LogP contribution in [-0.4, -0.2) is 40.9 Å². The molecule has 5 nitrogen and oxygen atoms in total. The number of hydrogen-bond donors (Lipinski definition) is 1. The largest absolute Gasteiger partial charge is 0.378 e. The number of anilines is 1. The van der Waals surface area contributed by atoms with Gasteiger partial charge in [-0.2, -0.15) is 5.10 Å². The Labute approximate surface area is 134 Å². The lowest BCUT2D eigenvalue weighted by atomic mass is 9.85. The normalized spacial score (nSPS) is 15.2. The quantitative estimate of drug-likeness (QED) is 0.777. The number of nitrogens with one attached hydrogen (secondary N) is 1. The summed E-state index contributed by atoms with van der Waals surface area (Å²) >= 11 is 3.43. The summed E-state index contributed by atoms with van der Waals surface area (Å²) in [5, 5.41) is 7.51. The van der Waals surface area contributed by atoms with E-state index in [2.05, 4.69) is 45.1 Å². The van der Waals surface area contributed by atoms with Gasteiger partial charge in [0.2, 0.25) is 0 Å². The Bertz CT molecular complexity index is 509. The molecule has 2 rings (SSSR count). The van der Waals surface area contributed by atoms with Gasteiger partial charge in [-0.3, -0.25) is 4.79 Å². The van der Waals surface area contributed by atoms with Crippen LogP contribution in [-0.2, 0) is 6.54 Å². The molecular formula is C15H25BrN4O. The molecule has 1 saturated carbocycles. The molecule has 1 aliphatic rings. The van der Waals surface area contributed by atoms with E-state index in [1.54, 1.807) is 10.9 Å². The smallest absolute Gasteiger partial charge is 0.291 e. The van der Waals surface area contributed by atoms with Crippen LogP contribution < -0.4 is 10.9 Å². The highest BCUT2D eigenvalue weighted by atomic mass is 79.9. The zero-order chi connectivity index (χ0) is 15.2. The van der Waals surface area contributed by atoms with Gasteiger partial charge in [-0.25, -0.2) is 4.68 Å². The van der Waals surface area contributed by atoms with Gasteiger partial charge in [0.25, 0.3) is 5.56 Å². The van der Waals surface area contributed by atoms with E-state index in [0.717, 1.165) is 37.2 Å². The van der Waals surface area contributed by atoms with Gasteiger partial charge < -0.3 is 10.2 Å². The van der Waals surface area contributed by atoms with Crippen molar-refractivity contribution in [3.05, 3.63) is 21.0 Å². The number of likely N-dealkylation sites (N-methyl/N-ethyl adjacent to an activating group) is 1. The maximum absolute atomic E-state index is 12.5. The van der Waals surface area contributed by atoms with Gasteiger partial charge in [-0.15, -0.1) is 0 Å². The van der Waals surface area contributed by atoms with Crippen molar-refractivity contribution in [3.63, 3.8) is 0 Å². The van der Waals surface area contributed by atoms with E-state index in [1.165, 1.54) is 19.3 Å². The number of rotatable bonds is 8. The molecule has 1 aliphatic carbocycles. The Hall–Kier alpha value is -0.880. The van der Waals surface area contributed by atoms with Crippen molar-refractivity contribution in [2.75, 3.05) is 31.5 Å². The van der Waals surface area contributed by atoms with Crippen LogP contribution in [0.5, 0.6) is 0 Å². The van der Waals surface area contributed by atoms with E-state index in [9.17, 15) is 4.79 Å². The number of nitrogens with zero attached hydrogens (tertiary/aromatic N) is 3. The Balaban J connectivity index is 2.00. The molecule has 1 aromatic rings. The first-order valence-corrected chi connectivity index (χ1v) is 8.66. The molecular weight excluding hydrogens is 332 g/mol. The van der Waals surface area contributed by atoms with Gasteiger partial charge in [0, 0.05) is 19.6 Å². The van der Waals surface area contributed by atoms with Crippen molar-refractivity contribution in [3.8, 4) is 0 Å². The summed E-state index contributed by atoms with van der Waals surface area (Å²) in [4.78, 5) is 14.8. The maximum Gasteiger partial charge on any atom is 0.291 e. The van der Waals surface area contributed by atoms with Crippen LogP contribution in [0.3, 0.4) is 0 Å². The zero-order valence-electron chi connectivity index (χ0n) is 12.9. The van der Waals surface area contributed by atoms with E-state index in [4.69, 9.17) is 0 Å². The predicted octanol–water partition coefficient (Wildman–Crippen LogP) is 2.56. The lowest BCUT2D eigenvalue weighted by molar-refractivity contribution is 0.262. The highest BCUT2D eigenvalue weighted by Gasteiger charge is 2.20. The van der Waals surface area contributed by atoms with Crippen LogP contribution >= 0.6 is 15.9 Å². The summed E-state index contributed by atoms with van der Waals surface area (Å²) in [5.74, 6) is 0.625. The Kier molecular flexibility index (Phi) is 6.23. The molecule has 0 amide bonds. The second kappa shape index (κ2) is 7.94. The highest BCUT2D eigenvalue weighted by Crippen LogP contribution is 2.27. The maximum atomic E-state index is 12.5. The van der Waals surface area contributed by atoms with E-state index in [-0.39, 0.29) is 5.56 Å². The molecule has 21 heavy (non-hydrogen) atoms. The Morgan fingerprint density at radius 2 is 2.14 bits per heavy atom. The van der Waals surface area contributed by atoms with Crippen LogP contribution in [0.1, 0.15) is 33.1 Å². The Morgan fingerprint density at radius 1 is 1.43 bits per heavy atom. The first kappa shape index (κ1) is 16.5. The van der Waals surface area contributed by atoms with Crippen LogP contribution in [0.25, 0.3) is 0 Å². The van der Waals surface area contributed by atoms with Crippen molar-refractivity contribution >= 4 is 21.6 Å². The minimum Gasteiger partial charge on any atom is -0.378 e. The summed E-state index contributed by atoms with van der Waals surface area (Å²) in [7, 11) is 0. The third kappa shape index (κ3) is 4.30. The summed E-state index contributed by atoms with van der Waals surface area (Å²) in [6.45, 7) is 8.81. The lowest BCUT2D eigenvalue weighted by Crippen LogP contribution is -2.33. The minimum atomic E-state index is -0.0178. The summed E-state index contributed by atoms with van der Waals surface area (Å²) in [5.41, 5.74) is 0.618. The summed E-state index contributed by atoms with van der Waals surface area (Å²) < 4.78 is 2.35. The van der Waals surface area contributed by atoms with Gasteiger partial charge in [0.15, 0.2) is 0 Å². The fraction of sp³-hybridized carbons (Fsp3) is 0.733. The van der Waals surface area contributed by atoms with Crippen molar-refractivity contribution < 1.29 is 0 Å². The number of aromatic nitrogens is 2. The number of halogens is 1. The molecule has 6 heteroatoms. The van der Waals surface area contributed by atoms with E-state index in [0.29, 0.717) is 11.6 Å². The van der Waals surface area contributed by atoms with Crippen LogP contribution in [0.15, 0.2) is 15.5 Å².